The van der Waals surface area contributed by atoms with Crippen LogP contribution in [0.3, 0.4) is 0 Å². The molecule has 0 aliphatic rings. The maximum absolute atomic E-state index is 10.5. The largest absolute Gasteiger partial charge is 0.478 e. The third kappa shape index (κ3) is 6.49. The van der Waals surface area contributed by atoms with Crippen molar-refractivity contribution in [1.29, 1.82) is 0 Å². The van der Waals surface area contributed by atoms with Crippen molar-refractivity contribution in [1.82, 2.24) is 0 Å². The number of halogens is 1. The highest BCUT2D eigenvalue weighted by molar-refractivity contribution is 6.19. The highest BCUT2D eigenvalue weighted by Crippen LogP contribution is 2.22. The average Bonchev–Trinajstić information content (AvgIpc) is 2.16. The van der Waals surface area contributed by atoms with E-state index in [9.17, 15) is 9.90 Å². The Morgan fingerprint density at radius 2 is 2.00 bits per heavy atom. The van der Waals surface area contributed by atoms with Crippen LogP contribution < -0.4 is 0 Å². The van der Waals surface area contributed by atoms with Crippen molar-refractivity contribution in [3.05, 3.63) is 12.2 Å². The summed E-state index contributed by atoms with van der Waals surface area (Å²) in [5.74, 6) is -1.23. The van der Waals surface area contributed by atoms with Gasteiger partial charge in [-0.25, -0.2) is 4.79 Å². The van der Waals surface area contributed by atoms with E-state index < -0.39 is 11.5 Å². The van der Waals surface area contributed by atoms with Gasteiger partial charge in [0.05, 0.1) is 0 Å². The predicted molar refractivity (Wildman–Crippen MR) is 57.7 cm³/mol. The van der Waals surface area contributed by atoms with Crippen molar-refractivity contribution in [2.75, 3.05) is 6.61 Å². The lowest BCUT2D eigenvalue weighted by atomic mass is 9.96. The molecule has 0 heterocycles. The van der Waals surface area contributed by atoms with Gasteiger partial charge in [-0.15, -0.1) is 0 Å². The second kappa shape index (κ2) is 7.68. The molecular weight excluding hydrogens is 220 g/mol. The van der Waals surface area contributed by atoms with Gasteiger partial charge in [-0.3, -0.25) is 0 Å². The molecular formula is C10H17ClO4. The van der Waals surface area contributed by atoms with Gasteiger partial charge in [-0.2, -0.15) is 0 Å². The van der Waals surface area contributed by atoms with Gasteiger partial charge in [0.1, 0.15) is 5.56 Å². The fourth-order valence-corrected chi connectivity index (χ4v) is 1.49. The van der Waals surface area contributed by atoms with Gasteiger partial charge in [0, 0.05) is 12.2 Å². The summed E-state index contributed by atoms with van der Waals surface area (Å²) in [5, 5.41) is 26.4. The summed E-state index contributed by atoms with van der Waals surface area (Å²) in [6, 6.07) is 0. The number of aliphatic hydroxyl groups excluding tert-OH is 2. The monoisotopic (exact) mass is 236 g/mol. The van der Waals surface area contributed by atoms with E-state index in [-0.39, 0.29) is 18.1 Å². The average molecular weight is 237 g/mol. The van der Waals surface area contributed by atoms with Crippen molar-refractivity contribution in [3.8, 4) is 0 Å². The van der Waals surface area contributed by atoms with E-state index in [4.69, 9.17) is 21.8 Å². The quantitative estimate of drug-likeness (QED) is 0.439. The molecule has 4 nitrogen and oxygen atoms in total. The summed E-state index contributed by atoms with van der Waals surface area (Å²) >= 11 is 5.54. The van der Waals surface area contributed by atoms with E-state index in [2.05, 4.69) is 6.58 Å². The molecule has 0 saturated heterocycles. The van der Waals surface area contributed by atoms with Crippen molar-refractivity contribution >= 4 is 17.6 Å². The summed E-state index contributed by atoms with van der Waals surface area (Å²) in [4.78, 5) is 10.5. The van der Waals surface area contributed by atoms with Crippen LogP contribution in [0.4, 0.5) is 0 Å². The molecule has 15 heavy (non-hydrogen) atoms. The molecule has 2 atom stereocenters. The Hall–Kier alpha value is -0.580. The van der Waals surface area contributed by atoms with Crippen molar-refractivity contribution in [2.45, 2.75) is 31.2 Å². The number of hydrogen-bond donors (Lipinski definition) is 3. The molecule has 0 radical (unpaired) electrons. The third-order valence-corrected chi connectivity index (χ3v) is 2.60. The number of alkyl halides is 1. The van der Waals surface area contributed by atoms with E-state index in [1.807, 2.05) is 0 Å². The first-order valence-corrected chi connectivity index (χ1v) is 5.26. The van der Waals surface area contributed by atoms with E-state index in [0.29, 0.717) is 25.7 Å². The second-order valence-corrected chi connectivity index (χ2v) is 3.89. The van der Waals surface area contributed by atoms with Crippen LogP contribution in [0, 0.1) is 5.92 Å². The lowest BCUT2D eigenvalue weighted by Gasteiger charge is -2.17. The van der Waals surface area contributed by atoms with Crippen LogP contribution in [-0.4, -0.2) is 33.5 Å². The molecule has 0 bridgehead atoms. The maximum Gasteiger partial charge on any atom is 0.330 e. The SMILES string of the molecule is C=C(CCC(CCCO)C(O)Cl)C(=O)O. The normalized spacial score (nSPS) is 14.6. The van der Waals surface area contributed by atoms with Gasteiger partial charge in [-0.1, -0.05) is 18.2 Å². The molecule has 0 rings (SSSR count). The number of carboxylic acids is 1. The molecule has 88 valence electrons. The zero-order chi connectivity index (χ0) is 11.8. The van der Waals surface area contributed by atoms with Gasteiger partial charge in [-0.05, 0) is 31.6 Å². The van der Waals surface area contributed by atoms with Crippen LogP contribution in [-0.2, 0) is 4.79 Å². The smallest absolute Gasteiger partial charge is 0.330 e. The first kappa shape index (κ1) is 14.4. The molecule has 0 aliphatic heterocycles. The van der Waals surface area contributed by atoms with E-state index in [1.54, 1.807) is 0 Å². The number of rotatable bonds is 8. The Balaban J connectivity index is 3.95. The molecule has 0 aromatic carbocycles. The molecule has 0 fully saturated rings. The first-order chi connectivity index (χ1) is 6.99. The minimum atomic E-state index is -1.03. The predicted octanol–water partition coefficient (Wildman–Crippen LogP) is 1.35. The summed E-state index contributed by atoms with van der Waals surface area (Å²) in [6.07, 6.45) is 1.90. The van der Waals surface area contributed by atoms with Gasteiger partial charge < -0.3 is 15.3 Å². The van der Waals surface area contributed by atoms with Crippen molar-refractivity contribution in [2.24, 2.45) is 5.92 Å². The van der Waals surface area contributed by atoms with Crippen LogP contribution in [0.1, 0.15) is 25.7 Å². The zero-order valence-corrected chi connectivity index (χ0v) is 9.28. The lowest BCUT2D eigenvalue weighted by molar-refractivity contribution is -0.132. The number of aliphatic hydroxyl groups is 2. The summed E-state index contributed by atoms with van der Waals surface area (Å²) in [5.41, 5.74) is -0.889. The summed E-state index contributed by atoms with van der Waals surface area (Å²) < 4.78 is 0. The van der Waals surface area contributed by atoms with Crippen LogP contribution in [0.2, 0.25) is 0 Å². The minimum Gasteiger partial charge on any atom is -0.478 e. The van der Waals surface area contributed by atoms with Gasteiger partial charge in [0.2, 0.25) is 0 Å². The second-order valence-electron chi connectivity index (χ2n) is 3.45. The van der Waals surface area contributed by atoms with Crippen molar-refractivity contribution in [3.63, 3.8) is 0 Å². The first-order valence-electron chi connectivity index (χ1n) is 4.83. The molecule has 3 N–H and O–H groups in total. The number of hydrogen-bond acceptors (Lipinski definition) is 3. The maximum atomic E-state index is 10.5. The fraction of sp³-hybridized carbons (Fsp3) is 0.700. The molecule has 5 heteroatoms. The summed E-state index contributed by atoms with van der Waals surface area (Å²) in [7, 11) is 0. The Morgan fingerprint density at radius 3 is 2.40 bits per heavy atom. The highest BCUT2D eigenvalue weighted by Gasteiger charge is 2.17. The van der Waals surface area contributed by atoms with Crippen LogP contribution in [0.15, 0.2) is 12.2 Å². The number of carboxylic acid groups (broad SMARTS) is 1. The van der Waals surface area contributed by atoms with Gasteiger partial charge in [0.25, 0.3) is 0 Å². The van der Waals surface area contributed by atoms with Gasteiger partial charge in [0.15, 0.2) is 0 Å². The molecule has 0 amide bonds. The summed E-state index contributed by atoms with van der Waals surface area (Å²) in [6.45, 7) is 3.43. The molecule has 0 spiro atoms. The fourth-order valence-electron chi connectivity index (χ4n) is 1.24. The van der Waals surface area contributed by atoms with Crippen LogP contribution in [0.5, 0.6) is 0 Å². The Bertz CT molecular complexity index is 215. The number of carbonyl (C=O) groups is 1. The highest BCUT2D eigenvalue weighted by atomic mass is 35.5. The molecule has 0 aromatic rings. The number of aliphatic carboxylic acids is 1. The zero-order valence-electron chi connectivity index (χ0n) is 8.53. The Kier molecular flexibility index (Phi) is 7.38. The van der Waals surface area contributed by atoms with Crippen LogP contribution in [0.25, 0.3) is 0 Å². The van der Waals surface area contributed by atoms with E-state index in [1.165, 1.54) is 0 Å². The molecule has 0 aromatic heterocycles. The van der Waals surface area contributed by atoms with E-state index >= 15 is 0 Å². The molecule has 2 unspecified atom stereocenters. The van der Waals surface area contributed by atoms with E-state index in [0.717, 1.165) is 0 Å². The van der Waals surface area contributed by atoms with Gasteiger partial charge >= 0.3 is 5.97 Å². The topological polar surface area (TPSA) is 77.8 Å². The third-order valence-electron chi connectivity index (χ3n) is 2.24. The standard InChI is InChI=1S/C10H17ClO4/c1-7(10(14)15)4-5-8(9(11)13)3-2-6-12/h8-9,12-13H,1-6H2,(H,14,15). The molecule has 0 saturated carbocycles. The lowest BCUT2D eigenvalue weighted by Crippen LogP contribution is -2.16. The van der Waals surface area contributed by atoms with Crippen molar-refractivity contribution < 1.29 is 20.1 Å². The Labute approximate surface area is 94.2 Å². The Morgan fingerprint density at radius 1 is 1.40 bits per heavy atom. The molecule has 0 aliphatic carbocycles. The van der Waals surface area contributed by atoms with Crippen LogP contribution >= 0.6 is 11.6 Å². The minimum absolute atomic E-state index is 0.0417.